The highest BCUT2D eigenvalue weighted by atomic mass is 32.2. The van der Waals surface area contributed by atoms with Crippen LogP contribution in [0, 0.1) is 0 Å². The van der Waals surface area contributed by atoms with Crippen molar-refractivity contribution in [3.63, 3.8) is 0 Å². The van der Waals surface area contributed by atoms with Crippen molar-refractivity contribution in [2.45, 2.75) is 24.7 Å². The van der Waals surface area contributed by atoms with Crippen molar-refractivity contribution in [3.8, 4) is 0 Å². The molecule has 25 heavy (non-hydrogen) atoms. The molecule has 2 aromatic carbocycles. The molecule has 1 amide bonds. The number of aromatic amines is 1. The lowest BCUT2D eigenvalue weighted by molar-refractivity contribution is -0.115. The van der Waals surface area contributed by atoms with Crippen molar-refractivity contribution in [3.05, 3.63) is 70.5 Å². The number of benzene rings is 2. The minimum Gasteiger partial charge on any atom is -0.326 e. The molecule has 1 aromatic heterocycles. The summed E-state index contributed by atoms with van der Waals surface area (Å²) in [6.07, 6.45) is 1.23. The monoisotopic (exact) mass is 352 g/mol. The number of nitrogens with one attached hydrogen (secondary N) is 2. The predicted octanol–water partition coefficient (Wildman–Crippen LogP) is 4.21. The van der Waals surface area contributed by atoms with Crippen LogP contribution in [0.2, 0.25) is 0 Å². The van der Waals surface area contributed by atoms with E-state index in [1.165, 1.54) is 0 Å². The summed E-state index contributed by atoms with van der Waals surface area (Å²) in [4.78, 5) is 27.8. The molecule has 0 fully saturated rings. The van der Waals surface area contributed by atoms with E-state index in [1.807, 2.05) is 55.5 Å². The largest absolute Gasteiger partial charge is 0.326 e. The molecule has 128 valence electrons. The van der Waals surface area contributed by atoms with Gasteiger partial charge in [0, 0.05) is 34.2 Å². The molecule has 5 heteroatoms. The predicted molar refractivity (Wildman–Crippen MR) is 104 cm³/mol. The highest BCUT2D eigenvalue weighted by Crippen LogP contribution is 2.21. The summed E-state index contributed by atoms with van der Waals surface area (Å²) in [5.74, 6) is 0.692. The van der Waals surface area contributed by atoms with E-state index in [2.05, 4.69) is 10.3 Å². The second-order valence-corrected chi connectivity index (χ2v) is 6.90. The number of carbonyl (C=O) groups excluding carboxylic acids is 1. The molecule has 0 aliphatic rings. The lowest BCUT2D eigenvalue weighted by Gasteiger charge is -2.08. The van der Waals surface area contributed by atoms with Crippen LogP contribution < -0.4 is 10.9 Å². The molecular weight excluding hydrogens is 332 g/mol. The van der Waals surface area contributed by atoms with E-state index in [9.17, 15) is 9.59 Å². The number of aryl methyl sites for hydroxylation is 1. The summed E-state index contributed by atoms with van der Waals surface area (Å²) < 4.78 is 0. The quantitative estimate of drug-likeness (QED) is 0.653. The van der Waals surface area contributed by atoms with Crippen LogP contribution >= 0.6 is 11.8 Å². The van der Waals surface area contributed by atoms with Gasteiger partial charge in [0.05, 0.1) is 5.52 Å². The van der Waals surface area contributed by atoms with Crippen molar-refractivity contribution in [1.82, 2.24) is 4.98 Å². The zero-order chi connectivity index (χ0) is 17.6. The number of fused-ring (bicyclic) bond motifs is 1. The maximum absolute atomic E-state index is 12.1. The van der Waals surface area contributed by atoms with Gasteiger partial charge >= 0.3 is 0 Å². The molecule has 0 aliphatic carbocycles. The van der Waals surface area contributed by atoms with Gasteiger partial charge in [0.15, 0.2) is 0 Å². The number of H-pyrrole nitrogens is 1. The summed E-state index contributed by atoms with van der Waals surface area (Å²) >= 11 is 1.66. The Morgan fingerprint density at radius 3 is 2.68 bits per heavy atom. The van der Waals surface area contributed by atoms with Crippen LogP contribution in [-0.2, 0) is 11.2 Å². The summed E-state index contributed by atoms with van der Waals surface area (Å²) in [6.45, 7) is 2.02. The molecule has 0 saturated carbocycles. The van der Waals surface area contributed by atoms with E-state index < -0.39 is 0 Å². The van der Waals surface area contributed by atoms with Gasteiger partial charge < -0.3 is 10.3 Å². The smallest absolute Gasteiger partial charge is 0.248 e. The van der Waals surface area contributed by atoms with E-state index in [0.29, 0.717) is 12.1 Å². The van der Waals surface area contributed by atoms with Crippen LogP contribution in [0.3, 0.4) is 0 Å². The molecule has 0 radical (unpaired) electrons. The van der Waals surface area contributed by atoms with Gasteiger partial charge in [0.2, 0.25) is 11.5 Å². The summed E-state index contributed by atoms with van der Waals surface area (Å²) in [6, 6.07) is 17.3. The fourth-order valence-electron chi connectivity index (χ4n) is 2.70. The third kappa shape index (κ3) is 4.51. The lowest BCUT2D eigenvalue weighted by atomic mass is 10.1. The second-order valence-electron chi connectivity index (χ2n) is 5.73. The molecule has 1 heterocycles. The third-order valence-electron chi connectivity index (χ3n) is 3.93. The summed E-state index contributed by atoms with van der Waals surface area (Å²) in [5.41, 5.74) is 2.34. The van der Waals surface area contributed by atoms with Gasteiger partial charge in [-0.15, -0.1) is 11.8 Å². The van der Waals surface area contributed by atoms with Gasteiger partial charge in [-0.25, -0.2) is 0 Å². The van der Waals surface area contributed by atoms with E-state index in [4.69, 9.17) is 0 Å². The van der Waals surface area contributed by atoms with Crippen LogP contribution in [0.25, 0.3) is 10.9 Å². The first-order valence-corrected chi connectivity index (χ1v) is 9.28. The van der Waals surface area contributed by atoms with Crippen molar-refractivity contribution in [2.75, 3.05) is 11.1 Å². The second kappa shape index (κ2) is 8.03. The molecule has 3 rings (SSSR count). The number of rotatable bonds is 6. The third-order valence-corrected chi connectivity index (χ3v) is 4.95. The Bertz CT molecular complexity index is 935. The van der Waals surface area contributed by atoms with Crippen molar-refractivity contribution >= 4 is 34.3 Å². The average molecular weight is 352 g/mol. The highest BCUT2D eigenvalue weighted by Gasteiger charge is 2.06. The summed E-state index contributed by atoms with van der Waals surface area (Å²) in [7, 11) is 0. The zero-order valence-corrected chi connectivity index (χ0v) is 14.9. The maximum atomic E-state index is 12.1. The molecule has 0 bridgehead atoms. The number of carbonyl (C=O) groups is 1. The van der Waals surface area contributed by atoms with Crippen molar-refractivity contribution in [2.24, 2.45) is 0 Å². The first-order valence-electron chi connectivity index (χ1n) is 8.29. The molecular formula is C20H20N2O2S. The number of aromatic nitrogens is 1. The Balaban J connectivity index is 1.64. The van der Waals surface area contributed by atoms with Gasteiger partial charge in [-0.1, -0.05) is 31.2 Å². The Kier molecular flexibility index (Phi) is 5.56. The Labute approximate surface area is 150 Å². The highest BCUT2D eigenvalue weighted by molar-refractivity contribution is 7.99. The van der Waals surface area contributed by atoms with Gasteiger partial charge in [0.25, 0.3) is 0 Å². The Morgan fingerprint density at radius 2 is 1.92 bits per heavy atom. The first kappa shape index (κ1) is 17.3. The fourth-order valence-corrected chi connectivity index (χ4v) is 3.58. The first-order chi connectivity index (χ1) is 12.2. The number of pyridine rings is 1. The topological polar surface area (TPSA) is 62.0 Å². The van der Waals surface area contributed by atoms with Crippen LogP contribution in [0.4, 0.5) is 5.69 Å². The molecule has 2 N–H and O–H groups in total. The van der Waals surface area contributed by atoms with Crippen LogP contribution in [0.1, 0.15) is 18.9 Å². The number of hydrogen-bond acceptors (Lipinski definition) is 3. The molecule has 0 spiro atoms. The Morgan fingerprint density at radius 1 is 1.12 bits per heavy atom. The van der Waals surface area contributed by atoms with Crippen LogP contribution in [0.15, 0.2) is 64.3 Å². The summed E-state index contributed by atoms with van der Waals surface area (Å²) in [5, 5.41) is 3.92. The number of hydrogen-bond donors (Lipinski definition) is 2. The van der Waals surface area contributed by atoms with E-state index >= 15 is 0 Å². The van der Waals surface area contributed by atoms with Gasteiger partial charge in [0.1, 0.15) is 0 Å². The van der Waals surface area contributed by atoms with Crippen LogP contribution in [-0.4, -0.2) is 16.6 Å². The average Bonchev–Trinajstić information content (AvgIpc) is 2.61. The lowest BCUT2D eigenvalue weighted by Crippen LogP contribution is -2.12. The van der Waals surface area contributed by atoms with Crippen LogP contribution in [0.5, 0.6) is 0 Å². The van der Waals surface area contributed by atoms with E-state index in [0.717, 1.165) is 33.5 Å². The molecule has 3 aromatic rings. The molecule has 0 atom stereocenters. The zero-order valence-electron chi connectivity index (χ0n) is 14.0. The number of amides is 1. The van der Waals surface area contributed by atoms with Gasteiger partial charge in [-0.05, 0) is 36.2 Å². The number of anilines is 1. The fraction of sp³-hybridized carbons (Fsp3) is 0.200. The SMILES string of the molecule is CCc1cc(=O)[nH]c2cc(NC(=O)CCSc3ccccc3)ccc12. The molecule has 4 nitrogen and oxygen atoms in total. The molecule has 0 unspecified atom stereocenters. The van der Waals surface area contributed by atoms with E-state index in [-0.39, 0.29) is 11.5 Å². The maximum Gasteiger partial charge on any atom is 0.248 e. The standard InChI is InChI=1S/C20H20N2O2S/c1-2-14-12-20(24)22-18-13-15(8-9-17(14)18)21-19(23)10-11-25-16-6-4-3-5-7-16/h3-9,12-13H,2,10-11H2,1H3,(H,21,23)(H,22,24). The van der Waals surface area contributed by atoms with Gasteiger partial charge in [-0.3, -0.25) is 9.59 Å². The molecule has 0 saturated heterocycles. The van der Waals surface area contributed by atoms with Gasteiger partial charge in [-0.2, -0.15) is 0 Å². The van der Waals surface area contributed by atoms with E-state index in [1.54, 1.807) is 17.8 Å². The van der Waals surface area contributed by atoms with Crippen molar-refractivity contribution in [1.29, 1.82) is 0 Å². The number of thioether (sulfide) groups is 1. The Hall–Kier alpha value is -2.53. The minimum absolute atomic E-state index is 0.0308. The normalized spacial score (nSPS) is 10.8. The molecule has 0 aliphatic heterocycles. The minimum atomic E-state index is -0.118. The van der Waals surface area contributed by atoms with Crippen molar-refractivity contribution < 1.29 is 4.79 Å².